The van der Waals surface area contributed by atoms with Gasteiger partial charge in [0.05, 0.1) is 12.2 Å². The molecule has 0 atom stereocenters. The quantitative estimate of drug-likeness (QED) is 0.832. The highest BCUT2D eigenvalue weighted by molar-refractivity contribution is 5.77. The number of carbonyl (C=O) groups excluding carboxylic acids is 1. The topological polar surface area (TPSA) is 61.4 Å². The summed E-state index contributed by atoms with van der Waals surface area (Å²) in [5.74, 6) is 0.230. The second-order valence-electron chi connectivity index (χ2n) is 8.25. The van der Waals surface area contributed by atoms with Gasteiger partial charge in [0, 0.05) is 69.1 Å². The molecule has 1 N–H and O–H groups in total. The zero-order valence-electron chi connectivity index (χ0n) is 16.4. The van der Waals surface area contributed by atoms with E-state index in [0.29, 0.717) is 38.3 Å². The standard InChI is InChI=1S/C21H22F3N5O/c22-21(23,24)19-7-16(1-4-26-19)28-9-13(10-28)5-20(30)29-11-15-6-14-8-25-3-2-17(14)27-18(15)12-29/h1,4,6-7,13,25H,2-3,5,8-12H2. The third-order valence-electron chi connectivity index (χ3n) is 6.09. The summed E-state index contributed by atoms with van der Waals surface area (Å²) >= 11 is 0. The SMILES string of the molecule is O=C(CC1CN(c2ccnc(C(F)(F)F)c2)C1)N1Cc2cc3c(nc2C1)CCNC3. The van der Waals surface area contributed by atoms with E-state index in [2.05, 4.69) is 16.4 Å². The van der Waals surface area contributed by atoms with Gasteiger partial charge in [-0.3, -0.25) is 14.8 Å². The van der Waals surface area contributed by atoms with Crippen LogP contribution in [0.5, 0.6) is 0 Å². The van der Waals surface area contributed by atoms with E-state index >= 15 is 0 Å². The van der Waals surface area contributed by atoms with Gasteiger partial charge in [-0.1, -0.05) is 0 Å². The average Bonchev–Trinajstić information content (AvgIpc) is 3.11. The average molecular weight is 417 g/mol. The van der Waals surface area contributed by atoms with Gasteiger partial charge in [-0.25, -0.2) is 0 Å². The van der Waals surface area contributed by atoms with Gasteiger partial charge < -0.3 is 15.1 Å². The molecular weight excluding hydrogens is 395 g/mol. The molecule has 0 bridgehead atoms. The molecule has 0 spiro atoms. The number of halogens is 3. The molecule has 3 aliphatic heterocycles. The molecule has 5 rings (SSSR count). The number of hydrogen-bond acceptors (Lipinski definition) is 5. The number of nitrogens with zero attached hydrogens (tertiary/aromatic N) is 4. The Kier molecular flexibility index (Phi) is 4.65. The lowest BCUT2D eigenvalue weighted by Crippen LogP contribution is -2.48. The molecule has 30 heavy (non-hydrogen) atoms. The maximum absolute atomic E-state index is 12.8. The van der Waals surface area contributed by atoms with Gasteiger partial charge >= 0.3 is 6.18 Å². The van der Waals surface area contributed by atoms with Crippen molar-refractivity contribution in [2.45, 2.75) is 38.7 Å². The smallest absolute Gasteiger partial charge is 0.371 e. The number of rotatable bonds is 3. The summed E-state index contributed by atoms with van der Waals surface area (Å²) in [6.45, 7) is 4.04. The Bertz CT molecular complexity index is 952. The third kappa shape index (κ3) is 3.62. The summed E-state index contributed by atoms with van der Waals surface area (Å²) in [5.41, 5.74) is 4.08. The molecule has 3 aliphatic rings. The Morgan fingerprint density at radius 2 is 2.00 bits per heavy atom. The van der Waals surface area contributed by atoms with Gasteiger partial charge in [-0.2, -0.15) is 13.2 Å². The Balaban J connectivity index is 1.17. The van der Waals surface area contributed by atoms with Crippen LogP contribution in [-0.4, -0.2) is 40.4 Å². The summed E-state index contributed by atoms with van der Waals surface area (Å²) in [4.78, 5) is 24.7. The monoisotopic (exact) mass is 417 g/mol. The van der Waals surface area contributed by atoms with E-state index < -0.39 is 11.9 Å². The van der Waals surface area contributed by atoms with Crippen LogP contribution in [0.25, 0.3) is 0 Å². The van der Waals surface area contributed by atoms with Crippen molar-refractivity contribution < 1.29 is 18.0 Å². The van der Waals surface area contributed by atoms with Gasteiger partial charge in [0.2, 0.25) is 5.91 Å². The molecule has 9 heteroatoms. The van der Waals surface area contributed by atoms with Crippen molar-refractivity contribution in [3.63, 3.8) is 0 Å². The minimum absolute atomic E-state index is 0.0828. The molecule has 1 saturated heterocycles. The lowest BCUT2D eigenvalue weighted by molar-refractivity contribution is -0.141. The van der Waals surface area contributed by atoms with E-state index in [-0.39, 0.29) is 11.8 Å². The van der Waals surface area contributed by atoms with Gasteiger partial charge in [-0.05, 0) is 29.3 Å². The Labute approximate surface area is 172 Å². The van der Waals surface area contributed by atoms with Crippen LogP contribution < -0.4 is 10.2 Å². The van der Waals surface area contributed by atoms with Crippen molar-refractivity contribution in [1.82, 2.24) is 20.2 Å². The predicted molar refractivity (Wildman–Crippen MR) is 103 cm³/mol. The minimum atomic E-state index is -4.45. The Morgan fingerprint density at radius 1 is 1.17 bits per heavy atom. The van der Waals surface area contributed by atoms with Gasteiger partial charge in [0.25, 0.3) is 0 Å². The van der Waals surface area contributed by atoms with E-state index in [1.54, 1.807) is 6.07 Å². The summed E-state index contributed by atoms with van der Waals surface area (Å²) in [5, 5.41) is 3.35. The summed E-state index contributed by atoms with van der Waals surface area (Å²) in [6, 6.07) is 4.81. The largest absolute Gasteiger partial charge is 0.433 e. The van der Waals surface area contributed by atoms with Crippen LogP contribution in [0.15, 0.2) is 24.4 Å². The first-order valence-corrected chi connectivity index (χ1v) is 10.1. The molecule has 1 amide bonds. The molecule has 1 fully saturated rings. The first kappa shape index (κ1) is 19.3. The normalized spacial score (nSPS) is 18.8. The maximum atomic E-state index is 12.8. The van der Waals surface area contributed by atoms with E-state index in [1.807, 2.05) is 9.80 Å². The van der Waals surface area contributed by atoms with Crippen LogP contribution in [0.4, 0.5) is 18.9 Å². The zero-order chi connectivity index (χ0) is 20.9. The highest BCUT2D eigenvalue weighted by Gasteiger charge is 2.36. The van der Waals surface area contributed by atoms with Crippen LogP contribution >= 0.6 is 0 Å². The molecule has 0 saturated carbocycles. The zero-order valence-corrected chi connectivity index (χ0v) is 16.4. The van der Waals surface area contributed by atoms with Gasteiger partial charge in [-0.15, -0.1) is 0 Å². The molecule has 0 aliphatic carbocycles. The van der Waals surface area contributed by atoms with E-state index in [4.69, 9.17) is 4.98 Å². The number of alkyl halides is 3. The molecule has 0 aromatic carbocycles. The fourth-order valence-electron chi connectivity index (χ4n) is 4.43. The number of aromatic nitrogens is 2. The van der Waals surface area contributed by atoms with E-state index in [9.17, 15) is 18.0 Å². The van der Waals surface area contributed by atoms with Crippen molar-refractivity contribution in [2.24, 2.45) is 5.92 Å². The second kappa shape index (κ2) is 7.23. The van der Waals surface area contributed by atoms with Crippen molar-refractivity contribution in [3.05, 3.63) is 52.6 Å². The number of carbonyl (C=O) groups is 1. The van der Waals surface area contributed by atoms with E-state index in [1.165, 1.54) is 11.8 Å². The number of nitrogens with one attached hydrogen (secondary N) is 1. The number of pyridine rings is 2. The fraction of sp³-hybridized carbons (Fsp3) is 0.476. The summed E-state index contributed by atoms with van der Waals surface area (Å²) in [6.07, 6.45) is -1.95. The Hall–Kier alpha value is -2.68. The Morgan fingerprint density at radius 3 is 2.80 bits per heavy atom. The number of anilines is 1. The molecule has 2 aromatic heterocycles. The van der Waals surface area contributed by atoms with Gasteiger partial charge in [0.1, 0.15) is 5.69 Å². The predicted octanol–water partition coefficient (Wildman–Crippen LogP) is 2.51. The number of amides is 1. The maximum Gasteiger partial charge on any atom is 0.433 e. The molecule has 158 valence electrons. The fourth-order valence-corrected chi connectivity index (χ4v) is 4.43. The molecule has 2 aromatic rings. The molecule has 5 heterocycles. The lowest BCUT2D eigenvalue weighted by atomic mass is 9.95. The van der Waals surface area contributed by atoms with Crippen molar-refractivity contribution >= 4 is 11.6 Å². The van der Waals surface area contributed by atoms with Gasteiger partial charge in [0.15, 0.2) is 0 Å². The second-order valence-corrected chi connectivity index (χ2v) is 8.25. The van der Waals surface area contributed by atoms with E-state index in [0.717, 1.165) is 42.5 Å². The summed E-state index contributed by atoms with van der Waals surface area (Å²) in [7, 11) is 0. The van der Waals surface area contributed by atoms with Crippen molar-refractivity contribution in [3.8, 4) is 0 Å². The third-order valence-corrected chi connectivity index (χ3v) is 6.09. The highest BCUT2D eigenvalue weighted by Crippen LogP contribution is 2.33. The molecule has 0 unspecified atom stereocenters. The van der Waals surface area contributed by atoms with Crippen LogP contribution in [0, 0.1) is 5.92 Å². The molecular formula is C21H22F3N5O. The molecule has 6 nitrogen and oxygen atoms in total. The van der Waals surface area contributed by atoms with Crippen molar-refractivity contribution in [1.29, 1.82) is 0 Å². The minimum Gasteiger partial charge on any atom is -0.371 e. The number of fused-ring (bicyclic) bond motifs is 2. The van der Waals surface area contributed by atoms with Crippen LogP contribution in [0.1, 0.15) is 34.6 Å². The first-order valence-electron chi connectivity index (χ1n) is 10.1. The van der Waals surface area contributed by atoms with Crippen molar-refractivity contribution in [2.75, 3.05) is 24.5 Å². The molecule has 0 radical (unpaired) electrons. The highest BCUT2D eigenvalue weighted by atomic mass is 19.4. The number of hydrogen-bond donors (Lipinski definition) is 1. The lowest BCUT2D eigenvalue weighted by Gasteiger charge is -2.41. The first-order chi connectivity index (χ1) is 14.4. The van der Waals surface area contributed by atoms with Crippen LogP contribution in [0.2, 0.25) is 0 Å². The summed E-state index contributed by atoms with van der Waals surface area (Å²) < 4.78 is 38.5. The van der Waals surface area contributed by atoms with Crippen LogP contribution in [-0.2, 0) is 37.0 Å². The van der Waals surface area contributed by atoms with Crippen LogP contribution in [0.3, 0.4) is 0 Å².